The number of thioether (sulfide) groups is 1. The van der Waals surface area contributed by atoms with Crippen LogP contribution in [0.15, 0.2) is 83.3 Å². The van der Waals surface area contributed by atoms with Crippen LogP contribution < -0.4 is 0 Å². The van der Waals surface area contributed by atoms with E-state index in [2.05, 4.69) is 12.1 Å². The SMILES string of the molecule is C[C@]12C=CC(=O)C=C1[C@@H](F)C[C@H]1[C@@H]3C[C@H]4O[C@@H](c5ccc(SCc6ccccc6)cc5)O[C@@]4(C(=O)CO)[C@@]3(C)C[C@H](O)[C@@]12F. The number of alkyl halides is 2. The molecule has 44 heavy (non-hydrogen) atoms. The zero-order valence-electron chi connectivity index (χ0n) is 24.6. The lowest BCUT2D eigenvalue weighted by molar-refractivity contribution is -0.235. The molecule has 2 N–H and O–H groups in total. The predicted molar refractivity (Wildman–Crippen MR) is 160 cm³/mol. The van der Waals surface area contributed by atoms with Crippen LogP contribution in [0.2, 0.25) is 0 Å². The van der Waals surface area contributed by atoms with E-state index in [-0.39, 0.29) is 24.8 Å². The molecule has 0 radical (unpaired) electrons. The fraction of sp³-hybridized carbons (Fsp3) is 0.486. The Labute approximate surface area is 259 Å². The third-order valence-electron chi connectivity index (χ3n) is 11.3. The summed E-state index contributed by atoms with van der Waals surface area (Å²) in [6.45, 7) is 2.51. The number of ether oxygens (including phenoxy) is 2. The topological polar surface area (TPSA) is 93.1 Å². The molecule has 0 unspecified atom stereocenters. The molecule has 1 heterocycles. The Hall–Kier alpha value is -2.69. The Morgan fingerprint density at radius 2 is 1.80 bits per heavy atom. The maximum atomic E-state index is 17.5. The Balaban J connectivity index is 1.19. The van der Waals surface area contributed by atoms with Crippen LogP contribution in [0, 0.1) is 22.7 Å². The highest BCUT2D eigenvalue weighted by atomic mass is 32.2. The van der Waals surface area contributed by atoms with Gasteiger partial charge in [0.1, 0.15) is 12.8 Å². The first kappa shape index (κ1) is 30.0. The van der Waals surface area contributed by atoms with E-state index in [1.165, 1.54) is 17.7 Å². The minimum absolute atomic E-state index is 0.0451. The van der Waals surface area contributed by atoms with E-state index in [9.17, 15) is 19.8 Å². The number of fused-ring (bicyclic) bond motifs is 7. The Kier molecular flexibility index (Phi) is 7.10. The van der Waals surface area contributed by atoms with Gasteiger partial charge in [0.25, 0.3) is 0 Å². The zero-order chi connectivity index (χ0) is 31.1. The molecule has 2 aromatic rings. The highest BCUT2D eigenvalue weighted by Crippen LogP contribution is 2.72. The number of allylic oxidation sites excluding steroid dienone is 4. The number of ketones is 2. The third kappa shape index (κ3) is 3.99. The molecular formula is C35H36F2O6S. The van der Waals surface area contributed by atoms with Crippen LogP contribution in [0.1, 0.15) is 50.5 Å². The first-order valence-corrected chi connectivity index (χ1v) is 16.2. The highest BCUT2D eigenvalue weighted by molar-refractivity contribution is 7.98. The molecule has 0 amide bonds. The maximum Gasteiger partial charge on any atom is 0.193 e. The average molecular weight is 623 g/mol. The largest absolute Gasteiger partial charge is 0.390 e. The van der Waals surface area contributed by atoms with Gasteiger partial charge in [0.2, 0.25) is 0 Å². The lowest BCUT2D eigenvalue weighted by atomic mass is 9.44. The van der Waals surface area contributed by atoms with Crippen molar-refractivity contribution < 1.29 is 38.1 Å². The zero-order valence-corrected chi connectivity index (χ0v) is 25.4. The van der Waals surface area contributed by atoms with Gasteiger partial charge in [0.15, 0.2) is 29.1 Å². The molecule has 4 aliphatic carbocycles. The van der Waals surface area contributed by atoms with E-state index in [1.807, 2.05) is 42.5 Å². The maximum absolute atomic E-state index is 17.5. The summed E-state index contributed by atoms with van der Waals surface area (Å²) in [5, 5.41) is 21.8. The molecule has 7 rings (SSSR count). The Morgan fingerprint density at radius 1 is 1.07 bits per heavy atom. The Bertz CT molecular complexity index is 1550. The summed E-state index contributed by atoms with van der Waals surface area (Å²) in [5.74, 6) is -1.75. The van der Waals surface area contributed by atoms with Crippen LogP contribution in [0.5, 0.6) is 0 Å². The van der Waals surface area contributed by atoms with Gasteiger partial charge < -0.3 is 19.7 Å². The second kappa shape index (κ2) is 10.4. The fourth-order valence-corrected chi connectivity index (χ4v) is 10.0. The van der Waals surface area contributed by atoms with E-state index in [0.717, 1.165) is 16.7 Å². The number of hydrogen-bond donors (Lipinski definition) is 2. The lowest BCUT2D eigenvalue weighted by Crippen LogP contribution is -2.70. The summed E-state index contributed by atoms with van der Waals surface area (Å²) >= 11 is 1.69. The third-order valence-corrected chi connectivity index (χ3v) is 12.4. The first-order chi connectivity index (χ1) is 21.0. The van der Waals surface area contributed by atoms with E-state index in [1.54, 1.807) is 25.6 Å². The highest BCUT2D eigenvalue weighted by Gasteiger charge is 2.80. The van der Waals surface area contributed by atoms with Gasteiger partial charge in [-0.05, 0) is 67.5 Å². The van der Waals surface area contributed by atoms with Gasteiger partial charge in [-0.1, -0.05) is 55.5 Å². The van der Waals surface area contributed by atoms with Crippen molar-refractivity contribution in [2.24, 2.45) is 22.7 Å². The van der Waals surface area contributed by atoms with Crippen LogP contribution in [0.4, 0.5) is 8.78 Å². The number of carbonyl (C=O) groups excluding carboxylic acids is 2. The van der Waals surface area contributed by atoms with Gasteiger partial charge in [0.05, 0.1) is 12.2 Å². The van der Waals surface area contributed by atoms with Crippen molar-refractivity contribution in [2.75, 3.05) is 6.61 Å². The number of halogens is 2. The molecule has 9 heteroatoms. The van der Waals surface area contributed by atoms with Crippen LogP contribution in [0.25, 0.3) is 0 Å². The number of carbonyl (C=O) groups is 2. The van der Waals surface area contributed by atoms with Crippen LogP contribution >= 0.6 is 11.8 Å². The minimum Gasteiger partial charge on any atom is -0.390 e. The molecule has 10 atom stereocenters. The number of Topliss-reactive ketones (excluding diaryl/α,β-unsaturated/α-hetero) is 1. The van der Waals surface area contributed by atoms with E-state index < -0.39 is 76.8 Å². The van der Waals surface area contributed by atoms with Crippen molar-refractivity contribution >= 4 is 23.3 Å². The molecule has 2 aromatic carbocycles. The van der Waals surface area contributed by atoms with Crippen molar-refractivity contribution in [1.82, 2.24) is 0 Å². The fourth-order valence-electron chi connectivity index (χ4n) is 9.18. The van der Waals surface area contributed by atoms with Crippen LogP contribution in [0.3, 0.4) is 0 Å². The summed E-state index contributed by atoms with van der Waals surface area (Å²) in [6, 6.07) is 17.9. The molecule has 6 nitrogen and oxygen atoms in total. The normalized spacial score (nSPS) is 42.2. The molecule has 1 saturated heterocycles. The molecule has 0 aromatic heterocycles. The summed E-state index contributed by atoms with van der Waals surface area (Å²) in [5.41, 5.74) is -4.65. The Morgan fingerprint density at radius 3 is 2.50 bits per heavy atom. The molecule has 5 aliphatic rings. The minimum atomic E-state index is -2.28. The van der Waals surface area contributed by atoms with Crippen molar-refractivity contribution in [3.63, 3.8) is 0 Å². The molecule has 0 bridgehead atoms. The van der Waals surface area contributed by atoms with Crippen molar-refractivity contribution in [1.29, 1.82) is 0 Å². The van der Waals surface area contributed by atoms with Gasteiger partial charge >= 0.3 is 0 Å². The van der Waals surface area contributed by atoms with Crippen LogP contribution in [-0.4, -0.2) is 58.0 Å². The smallest absolute Gasteiger partial charge is 0.193 e. The number of aliphatic hydroxyl groups is 2. The number of benzene rings is 2. The van der Waals surface area contributed by atoms with Gasteiger partial charge in [-0.3, -0.25) is 9.59 Å². The van der Waals surface area contributed by atoms with Crippen LogP contribution in [-0.2, 0) is 24.8 Å². The molecule has 0 spiro atoms. The number of aliphatic hydroxyl groups excluding tert-OH is 2. The second-order valence-corrected chi connectivity index (χ2v) is 14.4. The van der Waals surface area contributed by atoms with Crippen molar-refractivity contribution in [2.45, 2.75) is 79.7 Å². The molecule has 232 valence electrons. The van der Waals surface area contributed by atoms with Gasteiger partial charge in [-0.15, -0.1) is 11.8 Å². The predicted octanol–water partition coefficient (Wildman–Crippen LogP) is 5.62. The quantitative estimate of drug-likeness (QED) is 0.404. The average Bonchev–Trinajstić information content (AvgIpc) is 3.52. The summed E-state index contributed by atoms with van der Waals surface area (Å²) in [7, 11) is 0. The van der Waals surface area contributed by atoms with E-state index in [4.69, 9.17) is 9.47 Å². The monoisotopic (exact) mass is 622 g/mol. The summed E-state index contributed by atoms with van der Waals surface area (Å²) in [6.07, 6.45) is -1.30. The summed E-state index contributed by atoms with van der Waals surface area (Å²) in [4.78, 5) is 26.9. The van der Waals surface area contributed by atoms with Gasteiger partial charge in [-0.25, -0.2) is 8.78 Å². The molecule has 1 aliphatic heterocycles. The number of rotatable bonds is 6. The molecule has 4 fully saturated rings. The van der Waals surface area contributed by atoms with Gasteiger partial charge in [0, 0.05) is 33.0 Å². The van der Waals surface area contributed by atoms with Gasteiger partial charge in [-0.2, -0.15) is 0 Å². The number of hydrogen-bond acceptors (Lipinski definition) is 7. The van der Waals surface area contributed by atoms with Crippen molar-refractivity contribution in [3.8, 4) is 0 Å². The lowest BCUT2D eigenvalue weighted by Gasteiger charge is -2.63. The first-order valence-electron chi connectivity index (χ1n) is 15.2. The van der Waals surface area contributed by atoms with E-state index >= 15 is 8.78 Å². The molecule has 3 saturated carbocycles. The standard InChI is InChI=1S/C35H36F2O6S/c1-32-13-12-22(39)14-26(32)27(36)15-25-24-16-30-35(29(41)18-38,33(24,2)17-28(40)34(25,32)37)43-31(42-30)21-8-10-23(11-9-21)44-19-20-6-4-3-5-7-20/h3-14,24-25,27-28,30-31,38,40H,15-19H2,1-2H3/t24-,25-,27-,28-,30+,31+,32-,33-,34-,35+/m0/s1. The van der Waals surface area contributed by atoms with Crippen molar-refractivity contribution in [3.05, 3.63) is 89.5 Å². The summed E-state index contributed by atoms with van der Waals surface area (Å²) < 4.78 is 46.3. The molecular weight excluding hydrogens is 586 g/mol. The van der Waals surface area contributed by atoms with E-state index in [0.29, 0.717) is 5.56 Å². The second-order valence-electron chi connectivity index (χ2n) is 13.3.